The lowest BCUT2D eigenvalue weighted by molar-refractivity contribution is -0.151. The number of anilines is 1. The Labute approximate surface area is 261 Å². The van der Waals surface area contributed by atoms with Gasteiger partial charge in [0.1, 0.15) is 11.6 Å². The van der Waals surface area contributed by atoms with E-state index in [9.17, 15) is 19.5 Å². The van der Waals surface area contributed by atoms with Crippen molar-refractivity contribution in [2.24, 2.45) is 17.8 Å². The van der Waals surface area contributed by atoms with E-state index in [-0.39, 0.29) is 43.3 Å². The molecule has 6 atom stereocenters. The van der Waals surface area contributed by atoms with Gasteiger partial charge in [-0.2, -0.15) is 0 Å². The Hall–Kier alpha value is -3.75. The zero-order valence-corrected chi connectivity index (χ0v) is 26.4. The third kappa shape index (κ3) is 5.08. The first-order chi connectivity index (χ1) is 21.0. The number of aryl methyl sites for hydroxylation is 2. The predicted octanol–water partition coefficient (Wildman–Crippen LogP) is 4.43. The SMILES string of the molecule is C=CCN(Cc1ccccc1)C(=O)[C@H]1[C@H]2C(=O)N(CCCO)C(C(=O)N(CC=C)c3cc(C)ccc3C)C23CC(C)[C@]1(C)O3. The molecule has 2 aromatic rings. The normalized spacial score (nSPS) is 28.6. The molecule has 3 amide bonds. The lowest BCUT2D eigenvalue weighted by Gasteiger charge is -2.39. The molecule has 3 aliphatic heterocycles. The van der Waals surface area contributed by atoms with Gasteiger partial charge in [0, 0.05) is 38.5 Å². The molecule has 2 bridgehead atoms. The lowest BCUT2D eigenvalue weighted by Crippen LogP contribution is -2.57. The molecule has 3 saturated heterocycles. The molecule has 0 saturated carbocycles. The number of fused-ring (bicyclic) bond motifs is 1. The van der Waals surface area contributed by atoms with Crippen molar-refractivity contribution in [1.82, 2.24) is 9.80 Å². The van der Waals surface area contributed by atoms with Crippen LogP contribution in [0.2, 0.25) is 0 Å². The summed E-state index contributed by atoms with van der Waals surface area (Å²) in [5.74, 6) is -2.37. The van der Waals surface area contributed by atoms with Crippen molar-refractivity contribution in [3.05, 3.63) is 90.5 Å². The minimum atomic E-state index is -1.18. The van der Waals surface area contributed by atoms with Gasteiger partial charge in [-0.25, -0.2) is 0 Å². The molecule has 8 heteroatoms. The van der Waals surface area contributed by atoms with Gasteiger partial charge in [0.2, 0.25) is 11.8 Å². The van der Waals surface area contributed by atoms with Crippen molar-refractivity contribution in [1.29, 1.82) is 0 Å². The van der Waals surface area contributed by atoms with Gasteiger partial charge in [-0.15, -0.1) is 13.2 Å². The minimum Gasteiger partial charge on any atom is -0.396 e. The summed E-state index contributed by atoms with van der Waals surface area (Å²) >= 11 is 0. The molecule has 3 unspecified atom stereocenters. The van der Waals surface area contributed by atoms with Crippen molar-refractivity contribution in [2.45, 2.75) is 64.3 Å². The molecule has 0 aliphatic carbocycles. The third-order valence-corrected chi connectivity index (χ3v) is 9.98. The van der Waals surface area contributed by atoms with Gasteiger partial charge in [-0.1, -0.05) is 61.5 Å². The van der Waals surface area contributed by atoms with E-state index < -0.39 is 29.1 Å². The Balaban J connectivity index is 1.60. The van der Waals surface area contributed by atoms with Gasteiger partial charge < -0.3 is 24.5 Å². The summed E-state index contributed by atoms with van der Waals surface area (Å²) < 4.78 is 6.96. The summed E-state index contributed by atoms with van der Waals surface area (Å²) in [5, 5.41) is 9.76. The molecule has 8 nitrogen and oxygen atoms in total. The Morgan fingerprint density at radius 2 is 1.80 bits per heavy atom. The van der Waals surface area contributed by atoms with Crippen molar-refractivity contribution in [2.75, 3.05) is 31.1 Å². The van der Waals surface area contributed by atoms with Crippen molar-refractivity contribution < 1.29 is 24.2 Å². The van der Waals surface area contributed by atoms with Crippen molar-refractivity contribution in [3.8, 4) is 0 Å². The molecule has 5 rings (SSSR count). The Bertz CT molecular complexity index is 1440. The van der Waals surface area contributed by atoms with Gasteiger partial charge in [0.25, 0.3) is 5.91 Å². The fourth-order valence-corrected chi connectivity index (χ4v) is 7.86. The number of aliphatic hydroxyl groups is 1. The summed E-state index contributed by atoms with van der Waals surface area (Å²) in [4.78, 5) is 48.9. The van der Waals surface area contributed by atoms with E-state index in [0.717, 1.165) is 22.4 Å². The molecule has 2 aromatic carbocycles. The van der Waals surface area contributed by atoms with E-state index in [1.165, 1.54) is 0 Å². The highest BCUT2D eigenvalue weighted by atomic mass is 16.5. The van der Waals surface area contributed by atoms with Crippen LogP contribution in [0, 0.1) is 31.6 Å². The fourth-order valence-electron chi connectivity index (χ4n) is 7.86. The average Bonchev–Trinajstić information content (AvgIpc) is 3.52. The topological polar surface area (TPSA) is 90.4 Å². The van der Waals surface area contributed by atoms with Crippen LogP contribution < -0.4 is 4.90 Å². The number of rotatable bonds is 12. The van der Waals surface area contributed by atoms with Crippen LogP contribution in [0.3, 0.4) is 0 Å². The van der Waals surface area contributed by atoms with E-state index >= 15 is 0 Å². The van der Waals surface area contributed by atoms with E-state index in [2.05, 4.69) is 20.1 Å². The van der Waals surface area contributed by atoms with Gasteiger partial charge in [-0.05, 0) is 62.3 Å². The number of aliphatic hydroxyl groups excluding tert-OH is 1. The quantitative estimate of drug-likeness (QED) is 0.365. The molecule has 0 aromatic heterocycles. The second kappa shape index (κ2) is 12.3. The maximum Gasteiger partial charge on any atom is 0.253 e. The second-order valence-corrected chi connectivity index (χ2v) is 12.8. The van der Waals surface area contributed by atoms with Crippen LogP contribution >= 0.6 is 0 Å². The van der Waals surface area contributed by atoms with E-state index in [0.29, 0.717) is 25.9 Å². The Kier molecular flexibility index (Phi) is 8.87. The number of benzene rings is 2. The lowest BCUT2D eigenvalue weighted by atomic mass is 9.62. The highest BCUT2D eigenvalue weighted by Crippen LogP contribution is 2.65. The highest BCUT2D eigenvalue weighted by Gasteiger charge is 2.80. The fraction of sp³-hybridized carbons (Fsp3) is 0.472. The van der Waals surface area contributed by atoms with E-state index in [4.69, 9.17) is 4.74 Å². The minimum absolute atomic E-state index is 0.0792. The maximum atomic E-state index is 14.8. The molecule has 44 heavy (non-hydrogen) atoms. The maximum absolute atomic E-state index is 14.8. The van der Waals surface area contributed by atoms with Gasteiger partial charge in [0.05, 0.1) is 17.4 Å². The average molecular weight is 600 g/mol. The molecule has 3 aliphatic rings. The zero-order valence-electron chi connectivity index (χ0n) is 26.4. The molecule has 3 fully saturated rings. The molecule has 1 spiro atoms. The van der Waals surface area contributed by atoms with Crippen molar-refractivity contribution >= 4 is 23.4 Å². The van der Waals surface area contributed by atoms with Crippen LogP contribution in [-0.2, 0) is 25.7 Å². The van der Waals surface area contributed by atoms with Gasteiger partial charge >= 0.3 is 0 Å². The highest BCUT2D eigenvalue weighted by molar-refractivity contribution is 6.05. The van der Waals surface area contributed by atoms with Gasteiger partial charge in [-0.3, -0.25) is 14.4 Å². The molecular weight excluding hydrogens is 554 g/mol. The summed E-state index contributed by atoms with van der Waals surface area (Å²) in [6.45, 7) is 16.7. The van der Waals surface area contributed by atoms with E-state index in [1.54, 1.807) is 26.9 Å². The number of carbonyl (C=O) groups is 3. The second-order valence-electron chi connectivity index (χ2n) is 12.8. The van der Waals surface area contributed by atoms with Gasteiger partial charge in [0.15, 0.2) is 0 Å². The Morgan fingerprint density at radius 1 is 1.09 bits per heavy atom. The van der Waals surface area contributed by atoms with Crippen LogP contribution in [-0.4, -0.2) is 76.1 Å². The van der Waals surface area contributed by atoms with Crippen LogP contribution in [0.15, 0.2) is 73.8 Å². The van der Waals surface area contributed by atoms with Crippen LogP contribution in [0.5, 0.6) is 0 Å². The van der Waals surface area contributed by atoms with Crippen LogP contribution in [0.25, 0.3) is 0 Å². The number of hydrogen-bond acceptors (Lipinski definition) is 5. The number of likely N-dealkylation sites (tertiary alicyclic amines) is 1. The largest absolute Gasteiger partial charge is 0.396 e. The summed E-state index contributed by atoms with van der Waals surface area (Å²) in [6.07, 6.45) is 4.17. The first-order valence-corrected chi connectivity index (χ1v) is 15.6. The molecule has 3 heterocycles. The molecule has 0 radical (unpaired) electrons. The zero-order chi connectivity index (χ0) is 31.8. The smallest absolute Gasteiger partial charge is 0.253 e. The number of carbonyl (C=O) groups excluding carboxylic acids is 3. The number of nitrogens with zero attached hydrogens (tertiary/aromatic N) is 3. The first kappa shape index (κ1) is 31.7. The monoisotopic (exact) mass is 599 g/mol. The van der Waals surface area contributed by atoms with Crippen LogP contribution in [0.4, 0.5) is 5.69 Å². The molecule has 1 N–H and O–H groups in total. The Morgan fingerprint density at radius 3 is 2.45 bits per heavy atom. The number of amides is 3. The summed E-state index contributed by atoms with van der Waals surface area (Å²) in [7, 11) is 0. The number of ether oxygens (including phenoxy) is 1. The van der Waals surface area contributed by atoms with Crippen molar-refractivity contribution in [3.63, 3.8) is 0 Å². The summed E-state index contributed by atoms with van der Waals surface area (Å²) in [6, 6.07) is 14.8. The molecule has 234 valence electrons. The standard InChI is InChI=1S/C36H45N3O5/c1-7-17-37(23-27-13-10-9-11-14-27)32(41)29-30-33(42)39(19-12-20-40)31(36(30)22-26(5)35(29,6)44-36)34(43)38(18-8-2)28-21-24(3)15-16-25(28)4/h7-11,13-16,21,26,29-31,40H,1-2,12,17-20,22-23H2,3-6H3/t26?,29-,30+,31?,35+,36?/m1/s1. The number of hydrogen-bond donors (Lipinski definition) is 1. The predicted molar refractivity (Wildman–Crippen MR) is 171 cm³/mol. The van der Waals surface area contributed by atoms with Crippen LogP contribution in [0.1, 0.15) is 43.4 Å². The third-order valence-electron chi connectivity index (χ3n) is 9.98. The van der Waals surface area contributed by atoms with E-state index in [1.807, 2.05) is 69.3 Å². The summed E-state index contributed by atoms with van der Waals surface area (Å²) in [5.41, 5.74) is 1.55. The molecular formula is C36H45N3O5. The first-order valence-electron chi connectivity index (χ1n) is 15.6.